The molecule has 1 aromatic rings. The van der Waals surface area contributed by atoms with E-state index < -0.39 is 16.0 Å². The van der Waals surface area contributed by atoms with E-state index in [1.165, 1.54) is 17.9 Å². The topological polar surface area (TPSA) is 101 Å². The maximum absolute atomic E-state index is 11.4. The number of carbonyl (C=O) groups is 1. The Labute approximate surface area is 93.1 Å². The molecule has 0 aliphatic heterocycles. The van der Waals surface area contributed by atoms with Gasteiger partial charge in [0.05, 0.1) is 5.75 Å². The molecule has 1 heterocycles. The number of aromatic carboxylic acids is 1. The summed E-state index contributed by atoms with van der Waals surface area (Å²) < 4.78 is 26.3. The van der Waals surface area contributed by atoms with Crippen LogP contribution >= 0.6 is 0 Å². The summed E-state index contributed by atoms with van der Waals surface area (Å²) in [5.74, 6) is -1.32. The van der Waals surface area contributed by atoms with Crippen molar-refractivity contribution in [2.24, 2.45) is 7.05 Å². The first-order valence-electron chi connectivity index (χ1n) is 4.63. The van der Waals surface area contributed by atoms with Gasteiger partial charge in [0.1, 0.15) is 5.69 Å². The predicted octanol–water partition coefficient (Wildman–Crippen LogP) is 0.270. The molecule has 0 aliphatic carbocycles. The van der Waals surface area contributed by atoms with Gasteiger partial charge in [0.2, 0.25) is 10.0 Å². The number of hydrogen-bond acceptors (Lipinski definition) is 4. The molecule has 1 rings (SSSR count). The number of nitrogens with zero attached hydrogens (tertiary/aromatic N) is 2. The molecule has 0 aromatic carbocycles. The van der Waals surface area contributed by atoms with E-state index in [9.17, 15) is 13.2 Å². The zero-order valence-corrected chi connectivity index (χ0v) is 9.78. The summed E-state index contributed by atoms with van der Waals surface area (Å²) in [6, 6.07) is 0. The predicted molar refractivity (Wildman–Crippen MR) is 57.9 cm³/mol. The second-order valence-corrected chi connectivity index (χ2v) is 5.13. The third kappa shape index (κ3) is 2.96. The second-order valence-electron chi connectivity index (χ2n) is 3.29. The van der Waals surface area contributed by atoms with Crippen LogP contribution in [0.3, 0.4) is 0 Å². The Balaban J connectivity index is 3.01. The first kappa shape index (κ1) is 12.5. The largest absolute Gasteiger partial charge is 0.476 e. The number of aromatic nitrogens is 2. The Kier molecular flexibility index (Phi) is 3.53. The molecule has 8 heteroatoms. The maximum atomic E-state index is 11.4. The van der Waals surface area contributed by atoms with Crippen LogP contribution in [-0.2, 0) is 17.1 Å². The molecule has 2 N–H and O–H groups in total. The molecule has 1 aromatic heterocycles. The Morgan fingerprint density at radius 1 is 1.62 bits per heavy atom. The van der Waals surface area contributed by atoms with Crippen LogP contribution in [0.15, 0.2) is 6.20 Å². The molecule has 0 aliphatic rings. The third-order valence-electron chi connectivity index (χ3n) is 1.77. The molecule has 0 saturated heterocycles. The summed E-state index contributed by atoms with van der Waals surface area (Å²) >= 11 is 0. The normalized spacial score (nSPS) is 11.4. The van der Waals surface area contributed by atoms with Crippen LogP contribution in [0.25, 0.3) is 0 Å². The lowest BCUT2D eigenvalue weighted by molar-refractivity contribution is 0.0690. The summed E-state index contributed by atoms with van der Waals surface area (Å²) in [5.41, 5.74) is -0.314. The summed E-state index contributed by atoms with van der Waals surface area (Å²) in [6.45, 7) is 1.72. The molecule has 0 spiro atoms. The van der Waals surface area contributed by atoms with Gasteiger partial charge in [0, 0.05) is 13.2 Å². The van der Waals surface area contributed by atoms with E-state index in [-0.39, 0.29) is 17.1 Å². The van der Waals surface area contributed by atoms with Crippen molar-refractivity contribution in [3.63, 3.8) is 0 Å². The van der Waals surface area contributed by atoms with Gasteiger partial charge >= 0.3 is 5.97 Å². The van der Waals surface area contributed by atoms with Gasteiger partial charge in [0.15, 0.2) is 5.69 Å². The van der Waals surface area contributed by atoms with E-state index in [1.54, 1.807) is 6.92 Å². The lowest BCUT2D eigenvalue weighted by Crippen LogP contribution is -2.17. The first-order chi connectivity index (χ1) is 7.35. The number of sulfonamides is 1. The van der Waals surface area contributed by atoms with E-state index in [1.807, 2.05) is 0 Å². The van der Waals surface area contributed by atoms with Crippen molar-refractivity contribution in [2.75, 3.05) is 10.5 Å². The fourth-order valence-electron chi connectivity index (χ4n) is 1.21. The van der Waals surface area contributed by atoms with Gasteiger partial charge in [-0.25, -0.2) is 13.2 Å². The molecule has 7 nitrogen and oxygen atoms in total. The first-order valence-corrected chi connectivity index (χ1v) is 6.28. The van der Waals surface area contributed by atoms with Crippen molar-refractivity contribution in [3.05, 3.63) is 11.9 Å². The van der Waals surface area contributed by atoms with Crippen molar-refractivity contribution in [2.45, 2.75) is 13.3 Å². The van der Waals surface area contributed by atoms with E-state index in [0.29, 0.717) is 6.42 Å². The molecule has 0 unspecified atom stereocenters. The monoisotopic (exact) mass is 247 g/mol. The van der Waals surface area contributed by atoms with E-state index in [0.717, 1.165) is 0 Å². The zero-order valence-electron chi connectivity index (χ0n) is 8.97. The SMILES string of the molecule is CCCS(=O)(=O)Nc1cn(C)nc1C(=O)O. The summed E-state index contributed by atoms with van der Waals surface area (Å²) in [6.07, 6.45) is 1.77. The molecule has 0 saturated carbocycles. The molecular formula is C8H13N3O4S. The minimum Gasteiger partial charge on any atom is -0.476 e. The summed E-state index contributed by atoms with van der Waals surface area (Å²) in [5, 5.41) is 12.4. The molecule has 0 radical (unpaired) electrons. The second kappa shape index (κ2) is 4.52. The number of carboxylic acid groups (broad SMARTS) is 1. The van der Waals surface area contributed by atoms with Gasteiger partial charge in [-0.05, 0) is 6.42 Å². The number of nitrogens with one attached hydrogen (secondary N) is 1. The van der Waals surface area contributed by atoms with Gasteiger partial charge in [-0.3, -0.25) is 9.40 Å². The zero-order chi connectivity index (χ0) is 12.3. The molecule has 0 atom stereocenters. The van der Waals surface area contributed by atoms with Crippen LogP contribution in [0.1, 0.15) is 23.8 Å². The molecular weight excluding hydrogens is 234 g/mol. The van der Waals surface area contributed by atoms with Crippen molar-refractivity contribution in [3.8, 4) is 0 Å². The van der Waals surface area contributed by atoms with E-state index in [4.69, 9.17) is 5.11 Å². The highest BCUT2D eigenvalue weighted by Crippen LogP contribution is 2.15. The van der Waals surface area contributed by atoms with Crippen LogP contribution in [-0.4, -0.2) is 35.0 Å². The molecule has 0 amide bonds. The van der Waals surface area contributed by atoms with Gasteiger partial charge < -0.3 is 5.11 Å². The molecule has 0 bridgehead atoms. The highest BCUT2D eigenvalue weighted by atomic mass is 32.2. The number of anilines is 1. The van der Waals surface area contributed by atoms with Crippen LogP contribution in [0, 0.1) is 0 Å². The van der Waals surface area contributed by atoms with Crippen LogP contribution in [0.4, 0.5) is 5.69 Å². The fourth-order valence-corrected chi connectivity index (χ4v) is 2.33. The van der Waals surface area contributed by atoms with Crippen molar-refractivity contribution >= 4 is 21.7 Å². The highest BCUT2D eigenvalue weighted by Gasteiger charge is 2.19. The Bertz CT molecular complexity index is 491. The molecule has 16 heavy (non-hydrogen) atoms. The lowest BCUT2D eigenvalue weighted by atomic mass is 10.4. The van der Waals surface area contributed by atoms with E-state index in [2.05, 4.69) is 9.82 Å². The van der Waals surface area contributed by atoms with Gasteiger partial charge in [-0.2, -0.15) is 5.10 Å². The Morgan fingerprint density at radius 2 is 2.25 bits per heavy atom. The lowest BCUT2D eigenvalue weighted by Gasteiger charge is -2.04. The van der Waals surface area contributed by atoms with E-state index >= 15 is 0 Å². The Morgan fingerprint density at radius 3 is 2.75 bits per heavy atom. The fraction of sp³-hybridized carbons (Fsp3) is 0.500. The smallest absolute Gasteiger partial charge is 0.358 e. The standard InChI is InChI=1S/C8H13N3O4S/c1-3-4-16(14,15)10-6-5-11(2)9-7(6)8(12)13/h5,10H,3-4H2,1-2H3,(H,12,13). The van der Waals surface area contributed by atoms with Crippen molar-refractivity contribution in [1.29, 1.82) is 0 Å². The Hall–Kier alpha value is -1.57. The minimum absolute atomic E-state index is 0.0107. The molecule has 0 fully saturated rings. The maximum Gasteiger partial charge on any atom is 0.358 e. The summed E-state index contributed by atoms with van der Waals surface area (Å²) in [4.78, 5) is 10.8. The third-order valence-corrected chi connectivity index (χ3v) is 3.25. The van der Waals surface area contributed by atoms with Gasteiger partial charge in [-0.1, -0.05) is 6.92 Å². The average molecular weight is 247 g/mol. The number of hydrogen-bond donors (Lipinski definition) is 2. The number of rotatable bonds is 5. The van der Waals surface area contributed by atoms with Gasteiger partial charge in [-0.15, -0.1) is 0 Å². The molecule has 90 valence electrons. The quantitative estimate of drug-likeness (QED) is 0.777. The average Bonchev–Trinajstić information content (AvgIpc) is 2.45. The number of aryl methyl sites for hydroxylation is 1. The van der Waals surface area contributed by atoms with Crippen LogP contribution in [0.5, 0.6) is 0 Å². The van der Waals surface area contributed by atoms with Crippen molar-refractivity contribution < 1.29 is 18.3 Å². The van der Waals surface area contributed by atoms with Crippen LogP contribution < -0.4 is 4.72 Å². The summed E-state index contributed by atoms with van der Waals surface area (Å²) in [7, 11) is -1.98. The minimum atomic E-state index is -3.49. The number of carboxylic acids is 1. The highest BCUT2D eigenvalue weighted by molar-refractivity contribution is 7.92. The van der Waals surface area contributed by atoms with Crippen molar-refractivity contribution in [1.82, 2.24) is 9.78 Å². The van der Waals surface area contributed by atoms with Crippen LogP contribution in [0.2, 0.25) is 0 Å². The van der Waals surface area contributed by atoms with Gasteiger partial charge in [0.25, 0.3) is 0 Å².